The van der Waals surface area contributed by atoms with Crippen molar-refractivity contribution in [1.82, 2.24) is 4.98 Å². The van der Waals surface area contributed by atoms with Crippen molar-refractivity contribution < 1.29 is 18.8 Å². The highest BCUT2D eigenvalue weighted by Gasteiger charge is 2.32. The Morgan fingerprint density at radius 1 is 1.39 bits per heavy atom. The summed E-state index contributed by atoms with van der Waals surface area (Å²) < 4.78 is 11.5. The Labute approximate surface area is 135 Å². The fourth-order valence-electron chi connectivity index (χ4n) is 3.37. The minimum atomic E-state index is -0.243. The number of nitrogens with two attached hydrogens (primary N) is 1. The number of ether oxygens (including phenoxy) is 2. The maximum Gasteiger partial charge on any atom is 0.272 e. The molecule has 124 valence electrons. The van der Waals surface area contributed by atoms with E-state index in [1.165, 1.54) is 10.9 Å². The zero-order valence-electron chi connectivity index (χ0n) is 13.5. The van der Waals surface area contributed by atoms with Crippen LogP contribution in [-0.4, -0.2) is 61.9 Å². The van der Waals surface area contributed by atoms with E-state index in [-0.39, 0.29) is 5.91 Å². The molecular weight excluding hydrogens is 294 g/mol. The van der Waals surface area contributed by atoms with Gasteiger partial charge in [-0.15, -0.1) is 0 Å². The molecule has 1 aliphatic rings. The van der Waals surface area contributed by atoms with E-state index in [2.05, 4.69) is 11.1 Å². The number of primary amides is 1. The molecule has 0 saturated carbocycles. The van der Waals surface area contributed by atoms with Crippen molar-refractivity contribution in [3.05, 3.63) is 30.0 Å². The molecule has 1 amide bonds. The molecule has 1 saturated heterocycles. The molecule has 6 heteroatoms. The molecule has 23 heavy (non-hydrogen) atoms. The molecule has 0 atom stereocenters. The first kappa shape index (κ1) is 15.8. The van der Waals surface area contributed by atoms with Crippen molar-refractivity contribution >= 4 is 16.8 Å². The molecular formula is C17H24N3O3+. The molecule has 6 nitrogen and oxygen atoms in total. The summed E-state index contributed by atoms with van der Waals surface area (Å²) in [5.41, 5.74) is 7.81. The van der Waals surface area contributed by atoms with Gasteiger partial charge in [0.25, 0.3) is 5.91 Å². The Kier molecular flexibility index (Phi) is 4.54. The van der Waals surface area contributed by atoms with E-state index in [0.29, 0.717) is 24.2 Å². The highest BCUT2D eigenvalue weighted by atomic mass is 16.5. The third-order valence-corrected chi connectivity index (χ3v) is 4.74. The minimum Gasteiger partial charge on any atom is -0.497 e. The molecule has 3 N–H and O–H groups in total. The summed E-state index contributed by atoms with van der Waals surface area (Å²) in [6, 6.07) is 6.03. The van der Waals surface area contributed by atoms with Gasteiger partial charge in [0.2, 0.25) is 0 Å². The van der Waals surface area contributed by atoms with Crippen molar-refractivity contribution in [3.8, 4) is 5.75 Å². The van der Waals surface area contributed by atoms with Crippen LogP contribution in [0.4, 0.5) is 0 Å². The number of aromatic nitrogens is 1. The van der Waals surface area contributed by atoms with Crippen LogP contribution in [0.25, 0.3) is 10.9 Å². The van der Waals surface area contributed by atoms with Crippen molar-refractivity contribution in [3.63, 3.8) is 0 Å². The maximum atomic E-state index is 11.5. The van der Waals surface area contributed by atoms with Gasteiger partial charge in [0.15, 0.2) is 6.54 Å². The highest BCUT2D eigenvalue weighted by molar-refractivity contribution is 5.84. The number of quaternary nitrogens is 1. The summed E-state index contributed by atoms with van der Waals surface area (Å²) in [5, 5.41) is 1.18. The number of fused-ring (bicyclic) bond motifs is 1. The Hall–Kier alpha value is -2.05. The van der Waals surface area contributed by atoms with Crippen molar-refractivity contribution in [2.45, 2.75) is 6.42 Å². The number of hydrogen-bond donors (Lipinski definition) is 2. The number of nitrogens with one attached hydrogen (secondary N) is 1. The van der Waals surface area contributed by atoms with Crippen molar-refractivity contribution in [2.24, 2.45) is 5.73 Å². The van der Waals surface area contributed by atoms with Crippen LogP contribution in [0.3, 0.4) is 0 Å². The SMILES string of the molecule is COc1ccc2[nH]cc(CC[N+]3(CC(N)=O)CCOCC3)c2c1. The molecule has 2 aromatic rings. The lowest BCUT2D eigenvalue weighted by Crippen LogP contribution is -2.59. The fraction of sp³-hybridized carbons (Fsp3) is 0.471. The van der Waals surface area contributed by atoms with Gasteiger partial charge in [0, 0.05) is 23.5 Å². The Bertz CT molecular complexity index is 689. The second kappa shape index (κ2) is 6.60. The highest BCUT2D eigenvalue weighted by Crippen LogP contribution is 2.25. The van der Waals surface area contributed by atoms with Gasteiger partial charge < -0.3 is 24.7 Å². The third-order valence-electron chi connectivity index (χ3n) is 4.74. The number of carbonyl (C=O) groups is 1. The van der Waals surface area contributed by atoms with E-state index in [9.17, 15) is 4.79 Å². The molecule has 0 radical (unpaired) electrons. The summed E-state index contributed by atoms with van der Waals surface area (Å²) in [6.07, 6.45) is 2.94. The predicted octanol–water partition coefficient (Wildman–Crippen LogP) is 1.05. The average Bonchev–Trinajstić information content (AvgIpc) is 2.95. The minimum absolute atomic E-state index is 0.243. The monoisotopic (exact) mass is 318 g/mol. The molecule has 1 aromatic heterocycles. The van der Waals surface area contributed by atoms with Crippen LogP contribution in [0, 0.1) is 0 Å². The first-order valence-corrected chi connectivity index (χ1v) is 7.97. The van der Waals surface area contributed by atoms with Gasteiger partial charge in [-0.3, -0.25) is 4.79 Å². The lowest BCUT2D eigenvalue weighted by Gasteiger charge is -2.40. The number of morpholine rings is 1. The van der Waals surface area contributed by atoms with E-state index in [0.717, 1.165) is 37.3 Å². The number of amides is 1. The average molecular weight is 318 g/mol. The molecule has 1 fully saturated rings. The summed E-state index contributed by atoms with van der Waals surface area (Å²) in [7, 11) is 1.67. The predicted molar refractivity (Wildman–Crippen MR) is 88.3 cm³/mol. The number of methoxy groups -OCH3 is 1. The molecule has 0 unspecified atom stereocenters. The number of carbonyl (C=O) groups excluding carboxylic acids is 1. The van der Waals surface area contributed by atoms with Crippen molar-refractivity contribution in [2.75, 3.05) is 46.5 Å². The van der Waals surface area contributed by atoms with Gasteiger partial charge >= 0.3 is 0 Å². The van der Waals surface area contributed by atoms with E-state index in [1.807, 2.05) is 18.3 Å². The largest absolute Gasteiger partial charge is 0.497 e. The quantitative estimate of drug-likeness (QED) is 0.782. The van der Waals surface area contributed by atoms with Gasteiger partial charge in [0.1, 0.15) is 18.8 Å². The van der Waals surface area contributed by atoms with Gasteiger partial charge in [-0.25, -0.2) is 0 Å². The number of hydrogen-bond acceptors (Lipinski definition) is 3. The van der Waals surface area contributed by atoms with E-state index < -0.39 is 0 Å². The van der Waals surface area contributed by atoms with E-state index in [1.54, 1.807) is 7.11 Å². The van der Waals surface area contributed by atoms with Crippen LogP contribution in [0.1, 0.15) is 5.56 Å². The van der Waals surface area contributed by atoms with Crippen LogP contribution >= 0.6 is 0 Å². The molecule has 0 spiro atoms. The normalized spacial score (nSPS) is 17.3. The van der Waals surface area contributed by atoms with Crippen LogP contribution in [0.5, 0.6) is 5.75 Å². The first-order valence-electron chi connectivity index (χ1n) is 7.97. The lowest BCUT2D eigenvalue weighted by molar-refractivity contribution is -0.927. The molecule has 0 aliphatic carbocycles. The number of rotatable bonds is 6. The summed E-state index contributed by atoms with van der Waals surface area (Å²) in [6.45, 7) is 4.33. The Morgan fingerprint density at radius 3 is 2.87 bits per heavy atom. The first-order chi connectivity index (χ1) is 11.1. The number of aromatic amines is 1. The van der Waals surface area contributed by atoms with E-state index >= 15 is 0 Å². The van der Waals surface area contributed by atoms with Crippen LogP contribution in [0.15, 0.2) is 24.4 Å². The molecule has 1 aliphatic heterocycles. The molecule has 0 bridgehead atoms. The summed E-state index contributed by atoms with van der Waals surface area (Å²) in [5.74, 6) is 0.609. The second-order valence-corrected chi connectivity index (χ2v) is 6.22. The maximum absolute atomic E-state index is 11.5. The van der Waals surface area contributed by atoms with Gasteiger partial charge in [-0.1, -0.05) is 0 Å². The Morgan fingerprint density at radius 2 is 2.17 bits per heavy atom. The zero-order chi connectivity index (χ0) is 16.3. The topological polar surface area (TPSA) is 77.3 Å². The van der Waals surface area contributed by atoms with Crippen LogP contribution in [-0.2, 0) is 16.0 Å². The summed E-state index contributed by atoms with van der Waals surface area (Å²) >= 11 is 0. The number of nitrogens with zero attached hydrogens (tertiary/aromatic N) is 1. The standard InChI is InChI=1S/C17H23N3O3/c1-22-14-2-3-16-15(10-14)13(11-19-16)4-5-20(12-17(18)21)6-8-23-9-7-20/h2-3,10-11,19H,4-9,12H2,1H3,(H-,18,21)/p+1. The van der Waals surface area contributed by atoms with Gasteiger partial charge in [-0.2, -0.15) is 0 Å². The number of benzene rings is 1. The Balaban J connectivity index is 1.79. The van der Waals surface area contributed by atoms with Gasteiger partial charge in [0.05, 0.1) is 26.9 Å². The van der Waals surface area contributed by atoms with Crippen LogP contribution < -0.4 is 10.5 Å². The van der Waals surface area contributed by atoms with E-state index in [4.69, 9.17) is 15.2 Å². The second-order valence-electron chi connectivity index (χ2n) is 6.22. The molecule has 3 rings (SSSR count). The molecule has 1 aromatic carbocycles. The zero-order valence-corrected chi connectivity index (χ0v) is 13.5. The third kappa shape index (κ3) is 3.48. The van der Waals surface area contributed by atoms with Crippen LogP contribution in [0.2, 0.25) is 0 Å². The lowest BCUT2D eigenvalue weighted by atomic mass is 10.1. The van der Waals surface area contributed by atoms with Crippen molar-refractivity contribution in [1.29, 1.82) is 0 Å². The van der Waals surface area contributed by atoms with Gasteiger partial charge in [-0.05, 0) is 23.8 Å². The molecule has 2 heterocycles. The smallest absolute Gasteiger partial charge is 0.272 e. The summed E-state index contributed by atoms with van der Waals surface area (Å²) in [4.78, 5) is 14.8. The fourth-order valence-corrected chi connectivity index (χ4v) is 3.37. The number of H-pyrrole nitrogens is 1.